The lowest BCUT2D eigenvalue weighted by atomic mass is 9.85. The Hall–Kier alpha value is -2.06. The van der Waals surface area contributed by atoms with E-state index >= 15 is 0 Å². The molecule has 8 heteroatoms. The van der Waals surface area contributed by atoms with Crippen LogP contribution in [0.15, 0.2) is 23.0 Å². The predicted molar refractivity (Wildman–Crippen MR) is 122 cm³/mol. The highest BCUT2D eigenvalue weighted by Crippen LogP contribution is 2.31. The second-order valence-corrected chi connectivity index (χ2v) is 10.3. The van der Waals surface area contributed by atoms with Crippen molar-refractivity contribution >= 4 is 28.8 Å². The SMILES string of the molecule is Cc1cccc2c(=O)[nH]c(CSC3CCN(C(COC(N)=O)C(C)(C)C)CC3)nc12. The minimum Gasteiger partial charge on any atom is -0.448 e. The van der Waals surface area contributed by atoms with E-state index < -0.39 is 6.09 Å². The van der Waals surface area contributed by atoms with E-state index in [0.29, 0.717) is 23.0 Å². The number of thioether (sulfide) groups is 1. The molecule has 0 aliphatic carbocycles. The molecule has 1 aliphatic rings. The fourth-order valence-corrected chi connectivity index (χ4v) is 5.11. The van der Waals surface area contributed by atoms with Crippen LogP contribution in [0.1, 0.15) is 45.0 Å². The lowest BCUT2D eigenvalue weighted by molar-refractivity contribution is 0.0281. The van der Waals surface area contributed by atoms with E-state index in [9.17, 15) is 9.59 Å². The van der Waals surface area contributed by atoms with E-state index in [1.54, 1.807) is 0 Å². The number of H-pyrrole nitrogens is 1. The molecule has 0 spiro atoms. The van der Waals surface area contributed by atoms with Gasteiger partial charge in [0.1, 0.15) is 12.4 Å². The highest BCUT2D eigenvalue weighted by molar-refractivity contribution is 7.99. The molecule has 30 heavy (non-hydrogen) atoms. The average Bonchev–Trinajstić information content (AvgIpc) is 2.67. The highest BCUT2D eigenvalue weighted by atomic mass is 32.2. The Balaban J connectivity index is 1.58. The molecule has 1 aliphatic heterocycles. The summed E-state index contributed by atoms with van der Waals surface area (Å²) in [5.74, 6) is 1.43. The number of rotatable bonds is 6. The van der Waals surface area contributed by atoms with Gasteiger partial charge in [-0.15, -0.1) is 0 Å². The number of piperidine rings is 1. The average molecular weight is 433 g/mol. The van der Waals surface area contributed by atoms with Crippen LogP contribution in [0.3, 0.4) is 0 Å². The third kappa shape index (κ3) is 5.55. The third-order valence-corrected chi connectivity index (χ3v) is 7.13. The zero-order valence-electron chi connectivity index (χ0n) is 18.2. The van der Waals surface area contributed by atoms with Crippen LogP contribution in [0.2, 0.25) is 0 Å². The van der Waals surface area contributed by atoms with Gasteiger partial charge >= 0.3 is 6.09 Å². The van der Waals surface area contributed by atoms with Crippen molar-refractivity contribution in [2.45, 2.75) is 57.6 Å². The molecule has 0 radical (unpaired) electrons. The molecule has 1 unspecified atom stereocenters. The van der Waals surface area contributed by atoms with Crippen LogP contribution in [0.5, 0.6) is 0 Å². The van der Waals surface area contributed by atoms with Crippen molar-refractivity contribution in [3.63, 3.8) is 0 Å². The molecule has 1 atom stereocenters. The van der Waals surface area contributed by atoms with Gasteiger partial charge in [-0.05, 0) is 49.9 Å². The summed E-state index contributed by atoms with van der Waals surface area (Å²) in [6.07, 6.45) is 1.37. The molecule has 0 bridgehead atoms. The van der Waals surface area contributed by atoms with Crippen LogP contribution < -0.4 is 11.3 Å². The lowest BCUT2D eigenvalue weighted by Gasteiger charge is -2.43. The monoisotopic (exact) mass is 432 g/mol. The van der Waals surface area contributed by atoms with E-state index in [4.69, 9.17) is 10.5 Å². The van der Waals surface area contributed by atoms with Crippen molar-refractivity contribution in [3.8, 4) is 0 Å². The molecule has 3 N–H and O–H groups in total. The van der Waals surface area contributed by atoms with Crippen molar-refractivity contribution in [2.75, 3.05) is 19.7 Å². The number of benzene rings is 1. The zero-order chi connectivity index (χ0) is 21.9. The number of aryl methyl sites for hydroxylation is 1. The summed E-state index contributed by atoms with van der Waals surface area (Å²) >= 11 is 1.85. The molecule has 1 aromatic carbocycles. The van der Waals surface area contributed by atoms with Crippen LogP contribution in [0.25, 0.3) is 10.9 Å². The van der Waals surface area contributed by atoms with Crippen molar-refractivity contribution in [1.82, 2.24) is 14.9 Å². The second kappa shape index (κ2) is 9.39. The molecule has 7 nitrogen and oxygen atoms in total. The van der Waals surface area contributed by atoms with Crippen molar-refractivity contribution in [2.24, 2.45) is 11.1 Å². The van der Waals surface area contributed by atoms with Crippen LogP contribution >= 0.6 is 11.8 Å². The van der Waals surface area contributed by atoms with E-state index in [1.165, 1.54) is 0 Å². The number of hydrogen-bond donors (Lipinski definition) is 2. The molecule has 164 valence electrons. The van der Waals surface area contributed by atoms with Crippen LogP contribution in [0.4, 0.5) is 4.79 Å². The molecule has 2 heterocycles. The van der Waals surface area contributed by atoms with Gasteiger partial charge in [0.2, 0.25) is 0 Å². The number of hydrogen-bond acceptors (Lipinski definition) is 6. The minimum absolute atomic E-state index is 0.0121. The predicted octanol–water partition coefficient (Wildman–Crippen LogP) is 3.44. The first kappa shape index (κ1) is 22.6. The summed E-state index contributed by atoms with van der Waals surface area (Å²) in [6.45, 7) is 10.7. The van der Waals surface area contributed by atoms with Gasteiger partial charge in [0.15, 0.2) is 0 Å². The van der Waals surface area contributed by atoms with Crippen LogP contribution in [-0.4, -0.2) is 51.9 Å². The van der Waals surface area contributed by atoms with Gasteiger partial charge in [0.05, 0.1) is 16.7 Å². The van der Waals surface area contributed by atoms with Gasteiger partial charge in [0.25, 0.3) is 5.56 Å². The number of primary amides is 1. The molecule has 3 rings (SSSR count). The van der Waals surface area contributed by atoms with Crippen LogP contribution in [0, 0.1) is 12.3 Å². The number of aromatic amines is 1. The summed E-state index contributed by atoms with van der Waals surface area (Å²) in [7, 11) is 0. The molecule has 1 saturated heterocycles. The number of nitrogens with one attached hydrogen (secondary N) is 1. The number of nitrogens with zero attached hydrogens (tertiary/aromatic N) is 2. The Morgan fingerprint density at radius 3 is 2.70 bits per heavy atom. The fraction of sp³-hybridized carbons (Fsp3) is 0.591. The van der Waals surface area contributed by atoms with E-state index in [0.717, 1.165) is 42.8 Å². The van der Waals surface area contributed by atoms with Gasteiger partial charge < -0.3 is 15.5 Å². The number of carbonyl (C=O) groups is 1. The summed E-state index contributed by atoms with van der Waals surface area (Å²) < 4.78 is 5.12. The summed E-state index contributed by atoms with van der Waals surface area (Å²) in [6, 6.07) is 5.82. The summed E-state index contributed by atoms with van der Waals surface area (Å²) in [5.41, 5.74) is 6.89. The number of fused-ring (bicyclic) bond motifs is 1. The number of aromatic nitrogens is 2. The molecule has 0 saturated carbocycles. The molecule has 2 aromatic rings. The standard InChI is InChI=1S/C22H32N4O3S/c1-14-6-5-7-16-19(14)24-18(25-20(16)27)13-30-15-8-10-26(11-9-15)17(22(2,3)4)12-29-21(23)28/h5-7,15,17H,8-13H2,1-4H3,(H2,23,28)(H,24,25,27). The third-order valence-electron chi connectivity index (χ3n) is 5.74. The van der Waals surface area contributed by atoms with Gasteiger partial charge in [-0.3, -0.25) is 9.69 Å². The van der Waals surface area contributed by atoms with Crippen molar-refractivity contribution < 1.29 is 9.53 Å². The van der Waals surface area contributed by atoms with Crippen molar-refractivity contribution in [3.05, 3.63) is 39.9 Å². The largest absolute Gasteiger partial charge is 0.448 e. The quantitative estimate of drug-likeness (QED) is 0.725. The molecule has 1 aromatic heterocycles. The Bertz CT molecular complexity index is 946. The maximum Gasteiger partial charge on any atom is 0.404 e. The van der Waals surface area contributed by atoms with Gasteiger partial charge in [0, 0.05) is 11.3 Å². The first-order chi connectivity index (χ1) is 14.1. The van der Waals surface area contributed by atoms with E-state index in [2.05, 4.69) is 35.6 Å². The molecule has 1 amide bonds. The van der Waals surface area contributed by atoms with E-state index in [1.807, 2.05) is 36.9 Å². The number of amides is 1. The van der Waals surface area contributed by atoms with Crippen LogP contribution in [-0.2, 0) is 10.5 Å². The van der Waals surface area contributed by atoms with Gasteiger partial charge in [-0.25, -0.2) is 9.78 Å². The topological polar surface area (TPSA) is 101 Å². The lowest BCUT2D eigenvalue weighted by Crippen LogP contribution is -2.51. The molecular weight excluding hydrogens is 400 g/mol. The molecular formula is C22H32N4O3S. The maximum atomic E-state index is 12.4. The van der Waals surface area contributed by atoms with E-state index in [-0.39, 0.29) is 17.0 Å². The second-order valence-electron chi connectivity index (χ2n) is 9.04. The number of nitrogens with two attached hydrogens (primary N) is 1. The van der Waals surface area contributed by atoms with Crippen molar-refractivity contribution in [1.29, 1.82) is 0 Å². The first-order valence-corrected chi connectivity index (χ1v) is 11.5. The number of ether oxygens (including phenoxy) is 1. The highest BCUT2D eigenvalue weighted by Gasteiger charge is 2.34. The number of carbonyl (C=O) groups excluding carboxylic acids is 1. The Kier molecular flexibility index (Phi) is 7.08. The number of para-hydroxylation sites is 1. The van der Waals surface area contributed by atoms with Gasteiger partial charge in [-0.1, -0.05) is 32.9 Å². The fourth-order valence-electron chi connectivity index (χ4n) is 4.04. The number of likely N-dealkylation sites (tertiary alicyclic amines) is 1. The Morgan fingerprint density at radius 2 is 2.07 bits per heavy atom. The Morgan fingerprint density at radius 1 is 1.37 bits per heavy atom. The summed E-state index contributed by atoms with van der Waals surface area (Å²) in [5, 5.41) is 1.15. The summed E-state index contributed by atoms with van der Waals surface area (Å²) in [4.78, 5) is 33.5. The first-order valence-electron chi connectivity index (χ1n) is 10.4. The normalized spacial score (nSPS) is 17.2. The smallest absolute Gasteiger partial charge is 0.404 e. The maximum absolute atomic E-state index is 12.4. The Labute approximate surface area is 181 Å². The van der Waals surface area contributed by atoms with Gasteiger partial charge in [-0.2, -0.15) is 11.8 Å². The minimum atomic E-state index is -0.721. The molecule has 1 fully saturated rings. The zero-order valence-corrected chi connectivity index (χ0v) is 19.1.